The van der Waals surface area contributed by atoms with Crippen LogP contribution in [0.1, 0.15) is 25.3 Å². The maximum Gasteiger partial charge on any atom is 0.237 e. The molecule has 0 aliphatic heterocycles. The number of aliphatic hydroxyl groups excluding tert-OH is 1. The fourth-order valence-corrected chi connectivity index (χ4v) is 2.37. The van der Waals surface area contributed by atoms with Gasteiger partial charge in [0.1, 0.15) is 0 Å². The molecule has 114 valence electrons. The average Bonchev–Trinajstić information content (AvgIpc) is 2.86. The number of rotatable bonds is 7. The van der Waals surface area contributed by atoms with Crippen molar-refractivity contribution < 1.29 is 9.90 Å². The Bertz CT molecular complexity index is 592. The number of aromatic amines is 1. The highest BCUT2D eigenvalue weighted by atomic mass is 16.3. The molecule has 0 bridgehead atoms. The van der Waals surface area contributed by atoms with E-state index < -0.39 is 6.04 Å². The molecule has 2 rings (SSSR count). The lowest BCUT2D eigenvalue weighted by atomic mass is 10.1. The monoisotopic (exact) mass is 289 g/mol. The lowest BCUT2D eigenvalue weighted by Crippen LogP contribution is -2.42. The molecule has 2 atom stereocenters. The van der Waals surface area contributed by atoms with Crippen LogP contribution in [0.25, 0.3) is 10.9 Å². The highest BCUT2D eigenvalue weighted by molar-refractivity contribution is 5.86. The maximum atomic E-state index is 11.9. The summed E-state index contributed by atoms with van der Waals surface area (Å²) in [6.07, 6.45) is 3.51. The van der Waals surface area contributed by atoms with Crippen LogP contribution in [0.5, 0.6) is 0 Å². The van der Waals surface area contributed by atoms with Gasteiger partial charge in [-0.15, -0.1) is 0 Å². The van der Waals surface area contributed by atoms with Crippen LogP contribution in [0.3, 0.4) is 0 Å². The van der Waals surface area contributed by atoms with E-state index in [9.17, 15) is 4.79 Å². The number of hydrogen-bond acceptors (Lipinski definition) is 3. The Labute approximate surface area is 124 Å². The Balaban J connectivity index is 1.86. The number of amides is 1. The topological polar surface area (TPSA) is 91.1 Å². The van der Waals surface area contributed by atoms with Crippen LogP contribution in [0.2, 0.25) is 0 Å². The van der Waals surface area contributed by atoms with E-state index in [2.05, 4.69) is 10.3 Å². The molecule has 0 saturated carbocycles. The van der Waals surface area contributed by atoms with E-state index in [4.69, 9.17) is 10.8 Å². The first-order valence-corrected chi connectivity index (χ1v) is 7.34. The standard InChI is InChI=1S/C16H23N3O2/c1-11(20)5-4-8-18-16(21)14(17)9-12-10-19-15-7-3-2-6-13(12)15/h2-3,6-7,10-11,14,19-20H,4-5,8-9,17H2,1H3,(H,18,21). The average molecular weight is 289 g/mol. The molecule has 1 aromatic carbocycles. The summed E-state index contributed by atoms with van der Waals surface area (Å²) in [5, 5.41) is 13.1. The number of benzene rings is 1. The lowest BCUT2D eigenvalue weighted by molar-refractivity contribution is -0.122. The second kappa shape index (κ2) is 7.24. The first-order chi connectivity index (χ1) is 10.1. The molecule has 0 radical (unpaired) electrons. The maximum absolute atomic E-state index is 11.9. The van der Waals surface area contributed by atoms with Crippen molar-refractivity contribution in [1.29, 1.82) is 0 Å². The minimum atomic E-state index is -0.559. The summed E-state index contributed by atoms with van der Waals surface area (Å²) in [4.78, 5) is 15.1. The number of nitrogens with two attached hydrogens (primary N) is 1. The Morgan fingerprint density at radius 2 is 2.19 bits per heavy atom. The van der Waals surface area contributed by atoms with Crippen LogP contribution < -0.4 is 11.1 Å². The van der Waals surface area contributed by atoms with Crippen LogP contribution in [-0.2, 0) is 11.2 Å². The third-order valence-electron chi connectivity index (χ3n) is 3.55. The van der Waals surface area contributed by atoms with Crippen molar-refractivity contribution in [1.82, 2.24) is 10.3 Å². The number of carbonyl (C=O) groups excluding carboxylic acids is 1. The van der Waals surface area contributed by atoms with Crippen molar-refractivity contribution >= 4 is 16.8 Å². The number of hydrogen-bond donors (Lipinski definition) is 4. The zero-order chi connectivity index (χ0) is 15.2. The molecule has 1 amide bonds. The van der Waals surface area contributed by atoms with Crippen molar-refractivity contribution in [3.05, 3.63) is 36.0 Å². The fourth-order valence-electron chi connectivity index (χ4n) is 2.37. The largest absolute Gasteiger partial charge is 0.393 e. The molecular formula is C16H23N3O2. The van der Waals surface area contributed by atoms with Gasteiger partial charge in [-0.25, -0.2) is 0 Å². The van der Waals surface area contributed by atoms with Gasteiger partial charge in [-0.05, 0) is 37.8 Å². The summed E-state index contributed by atoms with van der Waals surface area (Å²) < 4.78 is 0. The predicted octanol–water partition coefficient (Wildman–Crippen LogP) is 1.31. The minimum absolute atomic E-state index is 0.147. The molecule has 0 aliphatic carbocycles. The molecule has 0 spiro atoms. The van der Waals surface area contributed by atoms with Gasteiger partial charge in [-0.3, -0.25) is 4.79 Å². The Kier molecular flexibility index (Phi) is 5.36. The molecule has 2 unspecified atom stereocenters. The number of fused-ring (bicyclic) bond motifs is 1. The molecule has 1 heterocycles. The van der Waals surface area contributed by atoms with Crippen LogP contribution in [0.4, 0.5) is 0 Å². The second-order valence-corrected chi connectivity index (χ2v) is 5.45. The first-order valence-electron chi connectivity index (χ1n) is 7.34. The van der Waals surface area contributed by atoms with E-state index in [1.807, 2.05) is 30.5 Å². The van der Waals surface area contributed by atoms with Crippen LogP contribution in [0.15, 0.2) is 30.5 Å². The molecule has 0 fully saturated rings. The lowest BCUT2D eigenvalue weighted by Gasteiger charge is -2.12. The molecule has 0 saturated heterocycles. The van der Waals surface area contributed by atoms with E-state index in [0.29, 0.717) is 19.4 Å². The van der Waals surface area contributed by atoms with Crippen molar-refractivity contribution in [3.8, 4) is 0 Å². The van der Waals surface area contributed by atoms with Gasteiger partial charge in [0.15, 0.2) is 0 Å². The molecule has 21 heavy (non-hydrogen) atoms. The SMILES string of the molecule is CC(O)CCCNC(=O)C(N)Cc1c[nH]c2ccccc12. The quantitative estimate of drug-likeness (QED) is 0.579. The van der Waals surface area contributed by atoms with E-state index in [-0.39, 0.29) is 12.0 Å². The van der Waals surface area contributed by atoms with Crippen molar-refractivity contribution in [2.45, 2.75) is 38.3 Å². The molecule has 5 N–H and O–H groups in total. The number of nitrogens with one attached hydrogen (secondary N) is 2. The zero-order valence-corrected chi connectivity index (χ0v) is 12.3. The zero-order valence-electron chi connectivity index (χ0n) is 12.3. The minimum Gasteiger partial charge on any atom is -0.393 e. The van der Waals surface area contributed by atoms with Gasteiger partial charge in [-0.2, -0.15) is 0 Å². The summed E-state index contributed by atoms with van der Waals surface area (Å²) in [5.74, 6) is -0.147. The number of carbonyl (C=O) groups is 1. The van der Waals surface area contributed by atoms with Gasteiger partial charge >= 0.3 is 0 Å². The Morgan fingerprint density at radius 3 is 2.95 bits per heavy atom. The van der Waals surface area contributed by atoms with Crippen LogP contribution in [-0.4, -0.2) is 34.7 Å². The normalized spacial score (nSPS) is 14.0. The molecular weight excluding hydrogens is 266 g/mol. The first kappa shape index (κ1) is 15.5. The molecule has 1 aromatic heterocycles. The van der Waals surface area contributed by atoms with Gasteiger partial charge in [0.05, 0.1) is 12.1 Å². The van der Waals surface area contributed by atoms with E-state index >= 15 is 0 Å². The van der Waals surface area contributed by atoms with Gasteiger partial charge < -0.3 is 21.1 Å². The molecule has 5 heteroatoms. The van der Waals surface area contributed by atoms with Gasteiger partial charge in [0.25, 0.3) is 0 Å². The van der Waals surface area contributed by atoms with E-state index in [0.717, 1.165) is 22.9 Å². The highest BCUT2D eigenvalue weighted by Gasteiger charge is 2.15. The van der Waals surface area contributed by atoms with Gasteiger partial charge in [0.2, 0.25) is 5.91 Å². The Morgan fingerprint density at radius 1 is 1.43 bits per heavy atom. The van der Waals surface area contributed by atoms with Crippen molar-refractivity contribution in [2.24, 2.45) is 5.73 Å². The summed E-state index contributed by atoms with van der Waals surface area (Å²) in [5.41, 5.74) is 8.07. The smallest absolute Gasteiger partial charge is 0.237 e. The predicted molar refractivity (Wildman–Crippen MR) is 83.9 cm³/mol. The second-order valence-electron chi connectivity index (χ2n) is 5.45. The fraction of sp³-hybridized carbons (Fsp3) is 0.438. The van der Waals surface area contributed by atoms with Crippen molar-refractivity contribution in [3.63, 3.8) is 0 Å². The number of H-pyrrole nitrogens is 1. The number of para-hydroxylation sites is 1. The molecule has 2 aromatic rings. The summed E-state index contributed by atoms with van der Waals surface area (Å²) in [6.45, 7) is 2.29. The van der Waals surface area contributed by atoms with Crippen LogP contribution >= 0.6 is 0 Å². The number of aromatic nitrogens is 1. The highest BCUT2D eigenvalue weighted by Crippen LogP contribution is 2.18. The van der Waals surface area contributed by atoms with E-state index in [1.165, 1.54) is 0 Å². The summed E-state index contributed by atoms with van der Waals surface area (Å²) in [6, 6.07) is 7.41. The van der Waals surface area contributed by atoms with Gasteiger partial charge in [0, 0.05) is 23.6 Å². The van der Waals surface area contributed by atoms with Crippen molar-refractivity contribution in [2.75, 3.05) is 6.54 Å². The third kappa shape index (κ3) is 4.31. The van der Waals surface area contributed by atoms with Gasteiger partial charge in [-0.1, -0.05) is 18.2 Å². The molecule has 0 aliphatic rings. The summed E-state index contributed by atoms with van der Waals surface area (Å²) in [7, 11) is 0. The summed E-state index contributed by atoms with van der Waals surface area (Å²) >= 11 is 0. The van der Waals surface area contributed by atoms with E-state index in [1.54, 1.807) is 6.92 Å². The Hall–Kier alpha value is -1.85. The number of aliphatic hydroxyl groups is 1. The molecule has 5 nitrogen and oxygen atoms in total. The third-order valence-corrected chi connectivity index (χ3v) is 3.55. The van der Waals surface area contributed by atoms with Crippen LogP contribution in [0, 0.1) is 0 Å².